The molecule has 1 aliphatic rings. The van der Waals surface area contributed by atoms with Gasteiger partial charge >= 0.3 is 0 Å². The molecule has 6 nitrogen and oxygen atoms in total. The molecule has 1 aromatic carbocycles. The quantitative estimate of drug-likeness (QED) is 0.789. The molecule has 8 heteroatoms. The summed E-state index contributed by atoms with van der Waals surface area (Å²) in [4.78, 5) is 23.8. The number of aryl methyl sites for hydroxylation is 1. The average Bonchev–Trinajstić information content (AvgIpc) is 2.74. The smallest absolute Gasteiger partial charge is 0.234 e. The van der Waals surface area contributed by atoms with Crippen LogP contribution < -0.4 is 10.6 Å². The van der Waals surface area contributed by atoms with Gasteiger partial charge in [-0.15, -0.1) is 11.8 Å². The molecule has 2 amide bonds. The van der Waals surface area contributed by atoms with Gasteiger partial charge in [0.25, 0.3) is 0 Å². The summed E-state index contributed by atoms with van der Waals surface area (Å²) in [5.74, 6) is -0.0537. The van der Waals surface area contributed by atoms with Crippen molar-refractivity contribution >= 4 is 39.1 Å². The standard InChI is InChI=1S/C16H22N2O4S2/c1-12-3-5-13(6-4-12)17-14(19)9-23-10-15(20)18-16(2)7-8-24(21,22)11-16/h3-6H,7-11H2,1-2H3,(H,17,19)(H,18,20). The van der Waals surface area contributed by atoms with Crippen molar-refractivity contribution in [1.29, 1.82) is 0 Å². The maximum Gasteiger partial charge on any atom is 0.234 e. The minimum Gasteiger partial charge on any atom is -0.349 e. The van der Waals surface area contributed by atoms with Crippen molar-refractivity contribution in [3.8, 4) is 0 Å². The van der Waals surface area contributed by atoms with Crippen LogP contribution in [0.25, 0.3) is 0 Å². The molecule has 0 aromatic heterocycles. The number of thioether (sulfide) groups is 1. The van der Waals surface area contributed by atoms with Gasteiger partial charge in [0.05, 0.1) is 28.6 Å². The summed E-state index contributed by atoms with van der Waals surface area (Å²) in [7, 11) is -3.06. The lowest BCUT2D eigenvalue weighted by Crippen LogP contribution is -2.47. The normalized spacial score (nSPS) is 22.1. The number of sulfone groups is 1. The van der Waals surface area contributed by atoms with Gasteiger partial charge in [0, 0.05) is 5.69 Å². The molecule has 1 fully saturated rings. The van der Waals surface area contributed by atoms with Crippen molar-refractivity contribution in [1.82, 2.24) is 5.32 Å². The van der Waals surface area contributed by atoms with Gasteiger partial charge in [-0.3, -0.25) is 9.59 Å². The SMILES string of the molecule is Cc1ccc(NC(=O)CSCC(=O)NC2(C)CCS(=O)(=O)C2)cc1. The van der Waals surface area contributed by atoms with Crippen molar-refractivity contribution in [2.24, 2.45) is 0 Å². The minimum absolute atomic E-state index is 0.0235. The zero-order valence-electron chi connectivity index (χ0n) is 13.8. The van der Waals surface area contributed by atoms with Crippen LogP contribution >= 0.6 is 11.8 Å². The number of amides is 2. The fourth-order valence-electron chi connectivity index (χ4n) is 2.55. The van der Waals surface area contributed by atoms with Gasteiger partial charge in [-0.25, -0.2) is 8.42 Å². The predicted molar refractivity (Wildman–Crippen MR) is 97.0 cm³/mol. The van der Waals surface area contributed by atoms with Crippen LogP contribution in [0.1, 0.15) is 18.9 Å². The molecule has 0 saturated carbocycles. The van der Waals surface area contributed by atoms with E-state index in [0.717, 1.165) is 11.3 Å². The third-order valence-corrected chi connectivity index (χ3v) is 6.58. The van der Waals surface area contributed by atoms with E-state index in [-0.39, 0.29) is 34.8 Å². The van der Waals surface area contributed by atoms with Crippen molar-refractivity contribution in [3.05, 3.63) is 29.8 Å². The highest BCUT2D eigenvalue weighted by Crippen LogP contribution is 2.22. The second kappa shape index (κ2) is 7.57. The lowest BCUT2D eigenvalue weighted by Gasteiger charge is -2.23. The Morgan fingerprint density at radius 2 is 1.79 bits per heavy atom. The Morgan fingerprint density at radius 1 is 1.17 bits per heavy atom. The largest absolute Gasteiger partial charge is 0.349 e. The van der Waals surface area contributed by atoms with E-state index < -0.39 is 15.4 Å². The molecule has 1 aromatic rings. The number of anilines is 1. The van der Waals surface area contributed by atoms with Crippen LogP contribution in [0.3, 0.4) is 0 Å². The van der Waals surface area contributed by atoms with E-state index in [0.29, 0.717) is 6.42 Å². The Hall–Kier alpha value is -1.54. The Morgan fingerprint density at radius 3 is 2.38 bits per heavy atom. The highest BCUT2D eigenvalue weighted by molar-refractivity contribution is 8.00. The molecule has 132 valence electrons. The highest BCUT2D eigenvalue weighted by atomic mass is 32.2. The van der Waals surface area contributed by atoms with Crippen LogP contribution in [0, 0.1) is 6.92 Å². The monoisotopic (exact) mass is 370 g/mol. The number of carbonyl (C=O) groups excluding carboxylic acids is 2. The Balaban J connectivity index is 1.70. The van der Waals surface area contributed by atoms with Crippen LogP contribution in [0.2, 0.25) is 0 Å². The van der Waals surface area contributed by atoms with Gasteiger partial charge in [0.15, 0.2) is 9.84 Å². The Labute approximate surface area is 146 Å². The van der Waals surface area contributed by atoms with Crippen molar-refractivity contribution in [3.63, 3.8) is 0 Å². The Bertz CT molecular complexity index is 716. The lowest BCUT2D eigenvalue weighted by molar-refractivity contribution is -0.120. The first-order valence-corrected chi connectivity index (χ1v) is 10.6. The lowest BCUT2D eigenvalue weighted by atomic mass is 10.0. The molecule has 0 radical (unpaired) electrons. The summed E-state index contributed by atoms with van der Waals surface area (Å²) in [6.45, 7) is 3.71. The zero-order chi connectivity index (χ0) is 17.8. The van der Waals surface area contributed by atoms with E-state index in [4.69, 9.17) is 0 Å². The van der Waals surface area contributed by atoms with Gasteiger partial charge < -0.3 is 10.6 Å². The van der Waals surface area contributed by atoms with E-state index in [9.17, 15) is 18.0 Å². The van der Waals surface area contributed by atoms with Gasteiger partial charge in [-0.1, -0.05) is 17.7 Å². The van der Waals surface area contributed by atoms with Crippen LogP contribution in [0.4, 0.5) is 5.69 Å². The second-order valence-corrected chi connectivity index (χ2v) is 9.53. The summed E-state index contributed by atoms with van der Waals surface area (Å²) in [6.07, 6.45) is 0.430. The molecular formula is C16H22N2O4S2. The molecule has 1 aliphatic heterocycles. The molecule has 1 atom stereocenters. The number of carbonyl (C=O) groups is 2. The van der Waals surface area contributed by atoms with Crippen molar-refractivity contribution < 1.29 is 18.0 Å². The van der Waals surface area contributed by atoms with Gasteiger partial charge in [-0.2, -0.15) is 0 Å². The zero-order valence-corrected chi connectivity index (χ0v) is 15.4. The van der Waals surface area contributed by atoms with Gasteiger partial charge in [0.2, 0.25) is 11.8 Å². The summed E-state index contributed by atoms with van der Waals surface area (Å²) in [5, 5.41) is 5.53. The molecule has 0 bridgehead atoms. The van der Waals surface area contributed by atoms with Gasteiger partial charge in [-0.05, 0) is 32.4 Å². The first-order valence-electron chi connectivity index (χ1n) is 7.63. The molecular weight excluding hydrogens is 348 g/mol. The number of benzene rings is 1. The molecule has 1 unspecified atom stereocenters. The molecule has 1 heterocycles. The molecule has 1 saturated heterocycles. The van der Waals surface area contributed by atoms with Crippen LogP contribution in [-0.4, -0.2) is 48.8 Å². The van der Waals surface area contributed by atoms with E-state index in [1.54, 1.807) is 6.92 Å². The summed E-state index contributed by atoms with van der Waals surface area (Å²) < 4.78 is 23.0. The third kappa shape index (κ3) is 5.83. The number of nitrogens with one attached hydrogen (secondary N) is 2. The summed E-state index contributed by atoms with van der Waals surface area (Å²) in [5.41, 5.74) is 1.14. The maximum absolute atomic E-state index is 11.9. The molecule has 2 rings (SSSR count). The minimum atomic E-state index is -3.06. The van der Waals surface area contributed by atoms with E-state index in [1.807, 2.05) is 31.2 Å². The predicted octanol–water partition coefficient (Wildman–Crippen LogP) is 1.36. The topological polar surface area (TPSA) is 92.3 Å². The first kappa shape index (κ1) is 18.8. The van der Waals surface area contributed by atoms with Crippen LogP contribution in [-0.2, 0) is 19.4 Å². The van der Waals surface area contributed by atoms with Gasteiger partial charge in [0.1, 0.15) is 0 Å². The summed E-state index contributed by atoms with van der Waals surface area (Å²) in [6, 6.07) is 7.47. The third-order valence-electron chi connectivity index (χ3n) is 3.75. The fourth-order valence-corrected chi connectivity index (χ4v) is 5.26. The summed E-state index contributed by atoms with van der Waals surface area (Å²) >= 11 is 1.20. The maximum atomic E-state index is 11.9. The molecule has 24 heavy (non-hydrogen) atoms. The average molecular weight is 370 g/mol. The highest BCUT2D eigenvalue weighted by Gasteiger charge is 2.39. The van der Waals surface area contributed by atoms with Crippen LogP contribution in [0.15, 0.2) is 24.3 Å². The number of hydrogen-bond donors (Lipinski definition) is 2. The fraction of sp³-hybridized carbons (Fsp3) is 0.500. The van der Waals surface area contributed by atoms with Crippen molar-refractivity contribution in [2.45, 2.75) is 25.8 Å². The molecule has 0 spiro atoms. The Kier molecular flexibility index (Phi) is 5.92. The first-order chi connectivity index (χ1) is 11.2. The van der Waals surface area contributed by atoms with Crippen LogP contribution in [0.5, 0.6) is 0 Å². The molecule has 2 N–H and O–H groups in total. The molecule has 0 aliphatic carbocycles. The number of hydrogen-bond acceptors (Lipinski definition) is 5. The second-order valence-electron chi connectivity index (χ2n) is 6.36. The van der Waals surface area contributed by atoms with E-state index in [1.165, 1.54) is 11.8 Å². The number of rotatable bonds is 6. The van der Waals surface area contributed by atoms with Crippen molar-refractivity contribution in [2.75, 3.05) is 28.3 Å². The van der Waals surface area contributed by atoms with E-state index >= 15 is 0 Å². The van der Waals surface area contributed by atoms with E-state index in [2.05, 4.69) is 10.6 Å².